The Bertz CT molecular complexity index is 438. The minimum Gasteiger partial charge on any atom is -0.385 e. The number of hydrogen-bond donors (Lipinski definition) is 1. The highest BCUT2D eigenvalue weighted by Crippen LogP contribution is 2.36. The Morgan fingerprint density at radius 3 is 2.61 bits per heavy atom. The van der Waals surface area contributed by atoms with E-state index in [1.165, 1.54) is 6.07 Å². The number of unbranched alkanes of at least 4 members (excludes halogenated alkanes) is 2. The van der Waals surface area contributed by atoms with Crippen LogP contribution in [0.3, 0.4) is 0 Å². The molecule has 0 saturated heterocycles. The monoisotopic (exact) mass is 320 g/mol. The second kappa shape index (κ2) is 6.64. The van der Waals surface area contributed by atoms with Crippen molar-refractivity contribution in [2.75, 3.05) is 11.9 Å². The average molecular weight is 321 g/mol. The quantitative estimate of drug-likeness (QED) is 0.806. The van der Waals surface area contributed by atoms with Crippen LogP contribution in [0.25, 0.3) is 0 Å². The summed E-state index contributed by atoms with van der Waals surface area (Å²) in [4.78, 5) is 0. The molecule has 1 N–H and O–H groups in total. The summed E-state index contributed by atoms with van der Waals surface area (Å²) in [5.74, 6) is 0. The van der Waals surface area contributed by atoms with Gasteiger partial charge in [-0.15, -0.1) is 0 Å². The third-order valence-corrected chi connectivity index (χ3v) is 3.01. The number of rotatable bonds is 5. The van der Waals surface area contributed by atoms with Crippen LogP contribution < -0.4 is 5.32 Å². The number of benzene rings is 1. The lowest BCUT2D eigenvalue weighted by atomic mass is 10.2. The minimum absolute atomic E-state index is 0.0324. The van der Waals surface area contributed by atoms with Gasteiger partial charge in [-0.05, 0) is 31.0 Å². The van der Waals surface area contributed by atoms with E-state index in [4.69, 9.17) is 5.26 Å². The third-order valence-electron chi connectivity index (χ3n) is 2.32. The number of nitrogens with one attached hydrogen (secondary N) is 1. The van der Waals surface area contributed by atoms with Crippen LogP contribution in [-0.4, -0.2) is 6.54 Å². The Morgan fingerprint density at radius 2 is 2.00 bits per heavy atom. The van der Waals surface area contributed by atoms with Crippen molar-refractivity contribution in [3.63, 3.8) is 0 Å². The maximum Gasteiger partial charge on any atom is 0.417 e. The first-order valence-electron chi connectivity index (χ1n) is 5.42. The number of alkyl halides is 3. The Hall–Kier alpha value is -1.22. The van der Waals surface area contributed by atoms with Gasteiger partial charge in [0.1, 0.15) is 0 Å². The van der Waals surface area contributed by atoms with Crippen molar-refractivity contribution in [3.8, 4) is 6.07 Å². The molecule has 2 nitrogen and oxygen atoms in total. The molecule has 1 aromatic carbocycles. The predicted molar refractivity (Wildman–Crippen MR) is 67.1 cm³/mol. The fraction of sp³-hybridized carbons (Fsp3) is 0.417. The van der Waals surface area contributed by atoms with Gasteiger partial charge in [0.15, 0.2) is 0 Å². The molecule has 0 aliphatic carbocycles. The molecular formula is C12H12BrF3N2. The molecule has 0 saturated carbocycles. The molecule has 0 aromatic heterocycles. The van der Waals surface area contributed by atoms with Crippen molar-refractivity contribution in [2.24, 2.45) is 0 Å². The van der Waals surface area contributed by atoms with Gasteiger partial charge >= 0.3 is 6.18 Å². The molecular weight excluding hydrogens is 309 g/mol. The van der Waals surface area contributed by atoms with Crippen LogP contribution in [0.4, 0.5) is 18.9 Å². The summed E-state index contributed by atoms with van der Waals surface area (Å²) in [6, 6.07) is 6.06. The first-order chi connectivity index (χ1) is 8.45. The third kappa shape index (κ3) is 4.57. The van der Waals surface area contributed by atoms with Crippen LogP contribution in [0.5, 0.6) is 0 Å². The molecule has 1 rings (SSSR count). The molecule has 1 aromatic rings. The summed E-state index contributed by atoms with van der Waals surface area (Å²) in [6.07, 6.45) is -2.40. The highest BCUT2D eigenvalue weighted by molar-refractivity contribution is 9.10. The van der Waals surface area contributed by atoms with Crippen molar-refractivity contribution < 1.29 is 13.2 Å². The van der Waals surface area contributed by atoms with E-state index in [0.29, 0.717) is 18.7 Å². The molecule has 98 valence electrons. The molecule has 0 radical (unpaired) electrons. The van der Waals surface area contributed by atoms with Gasteiger partial charge in [0, 0.05) is 23.1 Å². The van der Waals surface area contributed by atoms with E-state index in [1.54, 1.807) is 6.07 Å². The van der Waals surface area contributed by atoms with Crippen molar-refractivity contribution in [3.05, 3.63) is 28.2 Å². The smallest absolute Gasteiger partial charge is 0.385 e. The van der Waals surface area contributed by atoms with E-state index < -0.39 is 11.7 Å². The molecule has 0 heterocycles. The number of nitriles is 1. The van der Waals surface area contributed by atoms with Gasteiger partial charge in [-0.2, -0.15) is 18.4 Å². The van der Waals surface area contributed by atoms with Gasteiger partial charge in [-0.25, -0.2) is 0 Å². The lowest BCUT2D eigenvalue weighted by Gasteiger charge is -2.12. The lowest BCUT2D eigenvalue weighted by Crippen LogP contribution is -2.08. The van der Waals surface area contributed by atoms with E-state index in [1.807, 2.05) is 6.07 Å². The van der Waals surface area contributed by atoms with Crippen LogP contribution in [0.2, 0.25) is 0 Å². The zero-order valence-corrected chi connectivity index (χ0v) is 11.1. The number of anilines is 1. The van der Waals surface area contributed by atoms with Crippen LogP contribution in [0, 0.1) is 11.3 Å². The molecule has 0 fully saturated rings. The Labute approximate surface area is 112 Å². The van der Waals surface area contributed by atoms with E-state index in [2.05, 4.69) is 21.2 Å². The number of nitrogens with zero attached hydrogens (tertiary/aromatic N) is 1. The number of hydrogen-bond acceptors (Lipinski definition) is 2. The van der Waals surface area contributed by atoms with E-state index >= 15 is 0 Å². The fourth-order valence-corrected chi connectivity index (χ4v) is 1.89. The van der Waals surface area contributed by atoms with Gasteiger partial charge < -0.3 is 5.32 Å². The Morgan fingerprint density at radius 1 is 1.28 bits per heavy atom. The van der Waals surface area contributed by atoms with Crippen molar-refractivity contribution in [1.29, 1.82) is 5.26 Å². The summed E-state index contributed by atoms with van der Waals surface area (Å²) < 4.78 is 37.9. The van der Waals surface area contributed by atoms with Gasteiger partial charge in [-0.3, -0.25) is 0 Å². The maximum absolute atomic E-state index is 12.6. The van der Waals surface area contributed by atoms with Crippen molar-refractivity contribution >= 4 is 21.6 Å². The fourth-order valence-electron chi connectivity index (χ4n) is 1.41. The standard InChI is InChI=1S/C12H12BrF3N2/c13-11-5-4-9(8-10(11)12(14,15)16)18-7-3-1-2-6-17/h4-5,8,18H,1-3,7H2. The normalized spacial score (nSPS) is 11.1. The molecule has 18 heavy (non-hydrogen) atoms. The van der Waals surface area contributed by atoms with Gasteiger partial charge in [-0.1, -0.05) is 15.9 Å². The molecule has 0 unspecified atom stereocenters. The second-order valence-electron chi connectivity index (χ2n) is 3.73. The van der Waals surface area contributed by atoms with Gasteiger partial charge in [0.25, 0.3) is 0 Å². The Kier molecular flexibility index (Phi) is 5.48. The molecule has 6 heteroatoms. The summed E-state index contributed by atoms with van der Waals surface area (Å²) in [6.45, 7) is 0.556. The van der Waals surface area contributed by atoms with Crippen LogP contribution in [-0.2, 0) is 6.18 Å². The second-order valence-corrected chi connectivity index (χ2v) is 4.59. The minimum atomic E-state index is -4.36. The predicted octanol–water partition coefficient (Wildman–Crippen LogP) is 4.57. The maximum atomic E-state index is 12.6. The summed E-state index contributed by atoms with van der Waals surface area (Å²) in [5, 5.41) is 11.3. The summed E-state index contributed by atoms with van der Waals surface area (Å²) >= 11 is 2.88. The van der Waals surface area contributed by atoms with E-state index in [0.717, 1.165) is 18.9 Å². The van der Waals surface area contributed by atoms with Crippen molar-refractivity contribution in [2.45, 2.75) is 25.4 Å². The van der Waals surface area contributed by atoms with Crippen LogP contribution in [0.15, 0.2) is 22.7 Å². The van der Waals surface area contributed by atoms with E-state index in [9.17, 15) is 13.2 Å². The van der Waals surface area contributed by atoms with Crippen LogP contribution in [0.1, 0.15) is 24.8 Å². The molecule has 0 aliphatic heterocycles. The van der Waals surface area contributed by atoms with Gasteiger partial charge in [0.2, 0.25) is 0 Å². The zero-order valence-electron chi connectivity index (χ0n) is 9.52. The highest BCUT2D eigenvalue weighted by atomic mass is 79.9. The number of halogens is 4. The molecule has 0 atom stereocenters. The Balaban J connectivity index is 2.60. The molecule has 0 spiro atoms. The van der Waals surface area contributed by atoms with Crippen LogP contribution >= 0.6 is 15.9 Å². The largest absolute Gasteiger partial charge is 0.417 e. The SMILES string of the molecule is N#CCCCCNc1ccc(Br)c(C(F)(F)F)c1. The summed E-state index contributed by atoms with van der Waals surface area (Å²) in [5.41, 5.74) is -0.257. The lowest BCUT2D eigenvalue weighted by molar-refractivity contribution is -0.138. The highest BCUT2D eigenvalue weighted by Gasteiger charge is 2.33. The zero-order chi connectivity index (χ0) is 13.6. The molecule has 0 amide bonds. The van der Waals surface area contributed by atoms with E-state index in [-0.39, 0.29) is 4.47 Å². The summed E-state index contributed by atoms with van der Waals surface area (Å²) in [7, 11) is 0. The topological polar surface area (TPSA) is 35.8 Å². The van der Waals surface area contributed by atoms with Crippen molar-refractivity contribution in [1.82, 2.24) is 0 Å². The first kappa shape index (κ1) is 14.8. The molecule has 0 bridgehead atoms. The molecule has 0 aliphatic rings. The average Bonchev–Trinajstić information content (AvgIpc) is 2.29. The van der Waals surface area contributed by atoms with Gasteiger partial charge in [0.05, 0.1) is 11.6 Å². The first-order valence-corrected chi connectivity index (χ1v) is 6.22.